The van der Waals surface area contributed by atoms with Crippen LogP contribution < -0.4 is 10.9 Å². The van der Waals surface area contributed by atoms with E-state index in [0.29, 0.717) is 12.1 Å². The molecular weight excluding hydrogens is 296 g/mol. The van der Waals surface area contributed by atoms with Crippen LogP contribution in [-0.4, -0.2) is 42.0 Å². The predicted molar refractivity (Wildman–Crippen MR) is 90.0 cm³/mol. The van der Waals surface area contributed by atoms with Crippen molar-refractivity contribution in [3.8, 4) is 5.75 Å². The van der Waals surface area contributed by atoms with E-state index in [1.54, 1.807) is 19.2 Å². The summed E-state index contributed by atoms with van der Waals surface area (Å²) in [7, 11) is 1.68. The summed E-state index contributed by atoms with van der Waals surface area (Å²) in [6, 6.07) is 6.11. The molecule has 0 aromatic carbocycles. The van der Waals surface area contributed by atoms with Crippen LogP contribution in [0, 0.1) is 6.92 Å². The normalized spacial score (nSPS) is 11.8. The van der Waals surface area contributed by atoms with E-state index in [2.05, 4.69) is 10.3 Å². The van der Waals surface area contributed by atoms with Gasteiger partial charge >= 0.3 is 0 Å². The van der Waals surface area contributed by atoms with Gasteiger partial charge in [-0.05, 0) is 43.5 Å². The molecule has 0 saturated heterocycles. The minimum atomic E-state index is -0.728. The fourth-order valence-corrected chi connectivity index (χ4v) is 2.06. The second kappa shape index (κ2) is 10.8. The fraction of sp³-hybridized carbons (Fsp3) is 0.471. The molecule has 1 rings (SSSR count). The highest BCUT2D eigenvalue weighted by atomic mass is 16.5. The van der Waals surface area contributed by atoms with Gasteiger partial charge in [-0.3, -0.25) is 4.79 Å². The van der Waals surface area contributed by atoms with Crippen molar-refractivity contribution in [1.29, 1.82) is 0 Å². The maximum absolute atomic E-state index is 11.5. The number of hydrogen-bond acceptors (Lipinski definition) is 5. The van der Waals surface area contributed by atoms with E-state index < -0.39 is 6.10 Å². The molecule has 0 aliphatic rings. The molecule has 6 heteroatoms. The number of aryl methyl sites for hydroxylation is 1. The highest BCUT2D eigenvalue weighted by Gasteiger charge is 2.08. The molecule has 0 radical (unpaired) electrons. The molecule has 1 aromatic heterocycles. The molecule has 0 saturated carbocycles. The molecule has 1 heterocycles. The monoisotopic (exact) mass is 322 g/mol. The Balaban J connectivity index is 2.80. The highest BCUT2D eigenvalue weighted by molar-refractivity contribution is 5.27. The standard InChI is InChI=1S/C17H26N2O4/c1-13-5-8-17(22)19-11-14(20)6-7-15(13)16(21)12-18-9-3-4-10-23-2/h5-8,11,16,18,20-21H,3-4,9-10,12H2,1-2H3,(H,19,22). The van der Waals surface area contributed by atoms with E-state index in [-0.39, 0.29) is 11.3 Å². The summed E-state index contributed by atoms with van der Waals surface area (Å²) in [6.07, 6.45) is 2.42. The Hall–Kier alpha value is -1.89. The van der Waals surface area contributed by atoms with Crippen molar-refractivity contribution < 1.29 is 14.9 Å². The van der Waals surface area contributed by atoms with Crippen molar-refractivity contribution in [1.82, 2.24) is 10.3 Å². The molecule has 128 valence electrons. The van der Waals surface area contributed by atoms with Crippen LogP contribution in [0.15, 0.2) is 35.3 Å². The van der Waals surface area contributed by atoms with Gasteiger partial charge in [0.1, 0.15) is 5.75 Å². The van der Waals surface area contributed by atoms with Gasteiger partial charge in [-0.25, -0.2) is 0 Å². The number of aromatic nitrogens is 1. The molecule has 1 unspecified atom stereocenters. The summed E-state index contributed by atoms with van der Waals surface area (Å²) in [5.41, 5.74) is 1.08. The third-order valence-corrected chi connectivity index (χ3v) is 3.38. The maximum Gasteiger partial charge on any atom is 0.248 e. The highest BCUT2D eigenvalue weighted by Crippen LogP contribution is 2.15. The quantitative estimate of drug-likeness (QED) is 0.545. The summed E-state index contributed by atoms with van der Waals surface area (Å²) < 4.78 is 4.98. The number of unbranched alkanes of at least 4 members (excludes halogenated alkanes) is 1. The third-order valence-electron chi connectivity index (χ3n) is 3.38. The average molecular weight is 322 g/mol. The number of nitrogens with one attached hydrogen (secondary N) is 2. The Morgan fingerprint density at radius 3 is 2.78 bits per heavy atom. The second-order valence-electron chi connectivity index (χ2n) is 5.30. The number of ether oxygens (including phenoxy) is 1. The second-order valence-corrected chi connectivity index (χ2v) is 5.30. The van der Waals surface area contributed by atoms with Gasteiger partial charge < -0.3 is 25.3 Å². The van der Waals surface area contributed by atoms with Crippen LogP contribution in [0.1, 0.15) is 30.1 Å². The molecule has 0 aliphatic heterocycles. The number of aliphatic hydroxyl groups is 1. The molecule has 0 bridgehead atoms. The Bertz CT molecular complexity index is 585. The van der Waals surface area contributed by atoms with Crippen molar-refractivity contribution in [2.75, 3.05) is 26.8 Å². The van der Waals surface area contributed by atoms with Gasteiger partial charge in [0.25, 0.3) is 0 Å². The zero-order chi connectivity index (χ0) is 17.1. The number of hydrogen-bond donors (Lipinski definition) is 4. The molecule has 23 heavy (non-hydrogen) atoms. The van der Waals surface area contributed by atoms with Crippen molar-refractivity contribution in [3.05, 3.63) is 51.9 Å². The Labute approximate surface area is 136 Å². The number of aromatic amines is 1. The molecule has 0 fully saturated rings. The van der Waals surface area contributed by atoms with Gasteiger partial charge in [0.05, 0.1) is 6.10 Å². The molecule has 1 aromatic rings. The predicted octanol–water partition coefficient (Wildman–Crippen LogP) is 1.56. The van der Waals surface area contributed by atoms with E-state index >= 15 is 0 Å². The maximum atomic E-state index is 11.5. The largest absolute Gasteiger partial charge is 0.506 e. The molecular formula is C17H26N2O4. The Morgan fingerprint density at radius 2 is 2.04 bits per heavy atom. The van der Waals surface area contributed by atoms with Crippen LogP contribution in [-0.2, 0) is 4.74 Å². The molecule has 0 amide bonds. The summed E-state index contributed by atoms with van der Waals surface area (Å²) in [5, 5.41) is 23.2. The van der Waals surface area contributed by atoms with Crippen LogP contribution in [0.25, 0.3) is 0 Å². The number of methoxy groups -OCH3 is 1. The topological polar surface area (TPSA) is 94.6 Å². The SMILES string of the molecule is COCCCCNCC(O)c1ccc(O)c[nH]c(=O)ccc1C. The fourth-order valence-electron chi connectivity index (χ4n) is 2.06. The van der Waals surface area contributed by atoms with Crippen molar-refractivity contribution >= 4 is 0 Å². The first-order valence-electron chi connectivity index (χ1n) is 7.69. The molecule has 0 aliphatic carbocycles. The van der Waals surface area contributed by atoms with Crippen LogP contribution in [0.3, 0.4) is 0 Å². The lowest BCUT2D eigenvalue weighted by atomic mass is 10.1. The smallest absolute Gasteiger partial charge is 0.248 e. The molecule has 0 spiro atoms. The van der Waals surface area contributed by atoms with Crippen LogP contribution in [0.4, 0.5) is 0 Å². The van der Waals surface area contributed by atoms with E-state index in [9.17, 15) is 15.0 Å². The van der Waals surface area contributed by atoms with E-state index in [0.717, 1.165) is 31.6 Å². The van der Waals surface area contributed by atoms with Gasteiger partial charge in [-0.1, -0.05) is 12.1 Å². The Kier molecular flexibility index (Phi) is 8.97. The number of H-pyrrole nitrogens is 1. The number of aromatic hydroxyl groups is 1. The van der Waals surface area contributed by atoms with Crippen molar-refractivity contribution in [2.24, 2.45) is 0 Å². The summed E-state index contributed by atoms with van der Waals surface area (Å²) in [4.78, 5) is 13.9. The number of rotatable bonds is 8. The van der Waals surface area contributed by atoms with Crippen LogP contribution in [0.5, 0.6) is 5.75 Å². The summed E-state index contributed by atoms with van der Waals surface area (Å²) in [6.45, 7) is 3.73. The first-order chi connectivity index (χ1) is 11.0. The van der Waals surface area contributed by atoms with E-state index in [1.807, 2.05) is 6.92 Å². The first kappa shape index (κ1) is 19.2. The first-order valence-corrected chi connectivity index (χ1v) is 7.69. The number of aliphatic hydroxyl groups excluding tert-OH is 1. The zero-order valence-corrected chi connectivity index (χ0v) is 13.7. The zero-order valence-electron chi connectivity index (χ0n) is 13.7. The van der Waals surface area contributed by atoms with Gasteiger partial charge in [-0.15, -0.1) is 0 Å². The van der Waals surface area contributed by atoms with E-state index in [1.165, 1.54) is 18.3 Å². The van der Waals surface area contributed by atoms with Gasteiger partial charge in [-0.2, -0.15) is 0 Å². The molecule has 1 atom stereocenters. The summed E-state index contributed by atoms with van der Waals surface area (Å²) in [5.74, 6) is -0.0846. The Morgan fingerprint density at radius 1 is 1.26 bits per heavy atom. The molecule has 6 nitrogen and oxygen atoms in total. The average Bonchev–Trinajstić information content (AvgIpc) is 2.53. The minimum absolute atomic E-state index is 0.0846. The lowest BCUT2D eigenvalue weighted by molar-refractivity contribution is 0.171. The third kappa shape index (κ3) is 7.78. The van der Waals surface area contributed by atoms with Crippen molar-refractivity contribution in [3.63, 3.8) is 0 Å². The van der Waals surface area contributed by atoms with Crippen molar-refractivity contribution in [2.45, 2.75) is 25.9 Å². The van der Waals surface area contributed by atoms with E-state index in [4.69, 9.17) is 4.74 Å². The lowest BCUT2D eigenvalue weighted by Gasteiger charge is -2.13. The summed E-state index contributed by atoms with van der Waals surface area (Å²) >= 11 is 0. The van der Waals surface area contributed by atoms with Gasteiger partial charge in [0, 0.05) is 32.5 Å². The van der Waals surface area contributed by atoms with Gasteiger partial charge in [0.2, 0.25) is 5.56 Å². The minimum Gasteiger partial charge on any atom is -0.506 e. The van der Waals surface area contributed by atoms with Crippen LogP contribution in [0.2, 0.25) is 0 Å². The lowest BCUT2D eigenvalue weighted by Crippen LogP contribution is -2.23. The van der Waals surface area contributed by atoms with Crippen LogP contribution >= 0.6 is 0 Å². The van der Waals surface area contributed by atoms with Gasteiger partial charge in [0.15, 0.2) is 0 Å². The molecule has 4 N–H and O–H groups in total.